The Labute approximate surface area is 175 Å². The molecule has 7 rings (SSSR count). The maximum Gasteiger partial charge on any atom is 0.239 e. The van der Waals surface area contributed by atoms with Gasteiger partial charge in [0.15, 0.2) is 0 Å². The number of halogens is 1. The number of rotatable bonds is 1. The third-order valence-corrected chi connectivity index (χ3v) is 7.98. The smallest absolute Gasteiger partial charge is 0.239 e. The maximum atomic E-state index is 13.7. The second-order valence-corrected chi connectivity index (χ2v) is 9.12. The molecule has 4 nitrogen and oxygen atoms in total. The Balaban J connectivity index is 1.64. The Morgan fingerprint density at radius 2 is 1.34 bits per heavy atom. The Hall–Kier alpha value is -2.92. The SMILES string of the molecule is O=C1[C@@H]2C3c4ccccc4C(Br)(c4ccccc43)[C@@H]2C(=O)N1c1ccccc1O. The quantitative estimate of drug-likeness (QED) is 0.448. The van der Waals surface area contributed by atoms with Crippen molar-refractivity contribution in [2.45, 2.75) is 10.2 Å². The van der Waals surface area contributed by atoms with Gasteiger partial charge in [0.05, 0.1) is 21.8 Å². The molecule has 1 heterocycles. The normalized spacial score (nSPS) is 28.9. The number of phenols is 1. The summed E-state index contributed by atoms with van der Waals surface area (Å²) in [6.45, 7) is 0. The molecule has 1 aliphatic heterocycles. The van der Waals surface area contributed by atoms with Gasteiger partial charge in [-0.1, -0.05) is 76.6 Å². The van der Waals surface area contributed by atoms with Crippen LogP contribution < -0.4 is 4.90 Å². The standard InChI is InChI=1S/C24H16BrNO3/c25-24-15-9-3-1-7-13(15)19(14-8-2-4-10-16(14)24)20-21(24)23(29)26(22(20)28)17-11-5-6-12-18(17)27/h1-12,19-21,27H/t19?,20-,21+,24?/m1/s1. The number of para-hydroxylation sites is 2. The second kappa shape index (κ2) is 5.57. The average Bonchev–Trinajstić information content (AvgIpc) is 3.01. The molecule has 0 radical (unpaired) electrons. The molecule has 2 atom stereocenters. The van der Waals surface area contributed by atoms with E-state index in [1.165, 1.54) is 11.0 Å². The van der Waals surface area contributed by atoms with Crippen LogP contribution in [0.3, 0.4) is 0 Å². The zero-order valence-electron chi connectivity index (χ0n) is 15.2. The minimum absolute atomic E-state index is 0.0705. The van der Waals surface area contributed by atoms with Crippen LogP contribution in [0.5, 0.6) is 5.75 Å². The summed E-state index contributed by atoms with van der Waals surface area (Å²) in [5.74, 6) is -1.85. The molecular weight excluding hydrogens is 430 g/mol. The van der Waals surface area contributed by atoms with Crippen molar-refractivity contribution in [2.75, 3.05) is 4.90 Å². The first-order valence-electron chi connectivity index (χ1n) is 9.58. The Morgan fingerprint density at radius 1 is 0.793 bits per heavy atom. The number of benzene rings is 3. The monoisotopic (exact) mass is 445 g/mol. The molecule has 142 valence electrons. The van der Waals surface area contributed by atoms with Crippen LogP contribution in [0.2, 0.25) is 0 Å². The van der Waals surface area contributed by atoms with Crippen LogP contribution in [-0.2, 0) is 13.9 Å². The number of carbonyl (C=O) groups is 2. The highest BCUT2D eigenvalue weighted by atomic mass is 79.9. The first kappa shape index (κ1) is 17.0. The molecule has 1 N–H and O–H groups in total. The highest BCUT2D eigenvalue weighted by Gasteiger charge is 2.67. The first-order valence-corrected chi connectivity index (χ1v) is 10.4. The highest BCUT2D eigenvalue weighted by Crippen LogP contribution is 2.66. The minimum atomic E-state index is -0.772. The fourth-order valence-electron chi connectivity index (χ4n) is 5.57. The van der Waals surface area contributed by atoms with E-state index in [2.05, 4.69) is 28.1 Å². The molecule has 0 aromatic heterocycles. The Morgan fingerprint density at radius 3 is 1.97 bits per heavy atom. The van der Waals surface area contributed by atoms with Crippen molar-refractivity contribution in [3.63, 3.8) is 0 Å². The van der Waals surface area contributed by atoms with E-state index in [4.69, 9.17) is 0 Å². The lowest BCUT2D eigenvalue weighted by Gasteiger charge is -2.51. The van der Waals surface area contributed by atoms with Crippen LogP contribution in [0.1, 0.15) is 28.2 Å². The van der Waals surface area contributed by atoms with Crippen molar-refractivity contribution >= 4 is 33.4 Å². The van der Waals surface area contributed by atoms with Crippen molar-refractivity contribution in [1.29, 1.82) is 0 Å². The van der Waals surface area contributed by atoms with Crippen LogP contribution in [0, 0.1) is 11.8 Å². The molecule has 4 aliphatic rings. The zero-order valence-corrected chi connectivity index (χ0v) is 16.8. The van der Waals surface area contributed by atoms with Crippen molar-refractivity contribution in [3.8, 4) is 5.75 Å². The first-order chi connectivity index (χ1) is 14.0. The lowest BCUT2D eigenvalue weighted by molar-refractivity contribution is -0.122. The number of amides is 2. The summed E-state index contributed by atoms with van der Waals surface area (Å²) < 4.78 is -0.772. The van der Waals surface area contributed by atoms with E-state index < -0.39 is 16.2 Å². The lowest BCUT2D eigenvalue weighted by atomic mass is 9.55. The van der Waals surface area contributed by atoms with Crippen LogP contribution in [-0.4, -0.2) is 16.9 Å². The summed E-state index contributed by atoms with van der Waals surface area (Å²) in [5, 5.41) is 10.3. The number of imide groups is 1. The van der Waals surface area contributed by atoms with Crippen LogP contribution >= 0.6 is 15.9 Å². The summed E-state index contributed by atoms with van der Waals surface area (Å²) in [7, 11) is 0. The largest absolute Gasteiger partial charge is 0.506 e. The molecule has 1 fully saturated rings. The van der Waals surface area contributed by atoms with Crippen molar-refractivity contribution in [3.05, 3.63) is 95.1 Å². The summed E-state index contributed by atoms with van der Waals surface area (Å²) in [5.41, 5.74) is 4.52. The molecular formula is C24H16BrNO3. The second-order valence-electron chi connectivity index (χ2n) is 7.87. The molecule has 0 unspecified atom stereocenters. The molecule has 5 heteroatoms. The predicted molar refractivity (Wildman–Crippen MR) is 112 cm³/mol. The van der Waals surface area contributed by atoms with E-state index >= 15 is 0 Å². The van der Waals surface area contributed by atoms with Crippen molar-refractivity contribution in [2.24, 2.45) is 11.8 Å². The molecule has 0 spiro atoms. The Kier molecular flexibility index (Phi) is 3.26. The van der Waals surface area contributed by atoms with Gasteiger partial charge in [0.1, 0.15) is 5.75 Å². The van der Waals surface area contributed by atoms with Crippen LogP contribution in [0.4, 0.5) is 5.69 Å². The molecule has 2 bridgehead atoms. The molecule has 2 amide bonds. The number of anilines is 1. The van der Waals surface area contributed by atoms with Crippen molar-refractivity contribution in [1.82, 2.24) is 0 Å². The van der Waals surface area contributed by atoms with Gasteiger partial charge < -0.3 is 5.11 Å². The van der Waals surface area contributed by atoms with Gasteiger partial charge in [0.2, 0.25) is 11.8 Å². The van der Waals surface area contributed by atoms with Gasteiger partial charge in [0, 0.05) is 5.92 Å². The number of phenolic OH excluding ortho intramolecular Hbond substituents is 1. The van der Waals surface area contributed by atoms with Gasteiger partial charge in [-0.15, -0.1) is 0 Å². The zero-order chi connectivity index (χ0) is 19.9. The average molecular weight is 446 g/mol. The predicted octanol–water partition coefficient (Wildman–Crippen LogP) is 4.30. The van der Waals surface area contributed by atoms with Gasteiger partial charge in [-0.2, -0.15) is 0 Å². The van der Waals surface area contributed by atoms with Gasteiger partial charge in [0.25, 0.3) is 0 Å². The van der Waals surface area contributed by atoms with Gasteiger partial charge in [-0.05, 0) is 34.4 Å². The number of hydrogen-bond donors (Lipinski definition) is 1. The van der Waals surface area contributed by atoms with Crippen LogP contribution in [0.25, 0.3) is 0 Å². The summed E-state index contributed by atoms with van der Waals surface area (Å²) >= 11 is 3.96. The minimum Gasteiger partial charge on any atom is -0.506 e. The fraction of sp³-hybridized carbons (Fsp3) is 0.167. The molecule has 3 aromatic carbocycles. The summed E-state index contributed by atoms with van der Waals surface area (Å²) in [4.78, 5) is 28.5. The number of aromatic hydroxyl groups is 1. The summed E-state index contributed by atoms with van der Waals surface area (Å²) in [6, 6.07) is 22.6. The van der Waals surface area contributed by atoms with E-state index in [1.54, 1.807) is 18.2 Å². The lowest BCUT2D eigenvalue weighted by Crippen LogP contribution is -2.50. The summed E-state index contributed by atoms with van der Waals surface area (Å²) in [6.07, 6.45) is 0. The fourth-order valence-corrected chi connectivity index (χ4v) is 6.77. The number of hydrogen-bond acceptors (Lipinski definition) is 3. The number of carbonyl (C=O) groups excluding carboxylic acids is 2. The number of nitrogens with zero attached hydrogens (tertiary/aromatic N) is 1. The molecule has 1 saturated heterocycles. The van der Waals surface area contributed by atoms with E-state index in [9.17, 15) is 14.7 Å². The third-order valence-electron chi connectivity index (χ3n) is 6.64. The van der Waals surface area contributed by atoms with Gasteiger partial charge in [-0.25, -0.2) is 4.90 Å². The van der Waals surface area contributed by atoms with E-state index in [0.29, 0.717) is 0 Å². The highest BCUT2D eigenvalue weighted by molar-refractivity contribution is 9.09. The van der Waals surface area contributed by atoms with E-state index in [-0.39, 0.29) is 29.2 Å². The number of alkyl halides is 1. The maximum absolute atomic E-state index is 13.7. The molecule has 0 saturated carbocycles. The van der Waals surface area contributed by atoms with E-state index in [0.717, 1.165) is 22.3 Å². The molecule has 3 aliphatic carbocycles. The topological polar surface area (TPSA) is 57.6 Å². The third kappa shape index (κ3) is 1.89. The van der Waals surface area contributed by atoms with Gasteiger partial charge in [-0.3, -0.25) is 9.59 Å². The van der Waals surface area contributed by atoms with Gasteiger partial charge >= 0.3 is 0 Å². The van der Waals surface area contributed by atoms with Crippen molar-refractivity contribution < 1.29 is 14.7 Å². The Bertz CT molecular complexity index is 1170. The van der Waals surface area contributed by atoms with E-state index in [1.807, 2.05) is 36.4 Å². The molecule has 29 heavy (non-hydrogen) atoms. The molecule has 3 aromatic rings. The van der Waals surface area contributed by atoms with Crippen LogP contribution in [0.15, 0.2) is 72.8 Å².